The number of fused-ring (bicyclic) bond motifs is 1. The van der Waals surface area contributed by atoms with Crippen LogP contribution in [0, 0.1) is 6.92 Å². The number of ether oxygens (including phenoxy) is 1. The van der Waals surface area contributed by atoms with Crippen molar-refractivity contribution in [2.75, 3.05) is 17.7 Å². The zero-order valence-corrected chi connectivity index (χ0v) is 17.5. The standard InChI is InChI=1S/C24H22N4O3/c1-15-25-20-13-17(9-11-22(20)28(15)19-7-5-4-6-8-19)24(30)27-21-14-18(26-16(2)29)10-12-23(21)31-3/h4-14H,1-3H3,(H,26,29)(H,27,30). The van der Waals surface area contributed by atoms with E-state index >= 15 is 0 Å². The van der Waals surface area contributed by atoms with Crippen LogP contribution in [0.15, 0.2) is 66.7 Å². The molecular weight excluding hydrogens is 392 g/mol. The molecule has 3 aromatic carbocycles. The number of aryl methyl sites for hydroxylation is 1. The van der Waals surface area contributed by atoms with Crippen LogP contribution >= 0.6 is 0 Å². The van der Waals surface area contributed by atoms with Crippen molar-refractivity contribution >= 4 is 34.2 Å². The highest BCUT2D eigenvalue weighted by molar-refractivity contribution is 6.07. The molecule has 0 bridgehead atoms. The summed E-state index contributed by atoms with van der Waals surface area (Å²) in [6, 6.07) is 20.4. The van der Waals surface area contributed by atoms with E-state index in [9.17, 15) is 9.59 Å². The van der Waals surface area contributed by atoms with Gasteiger partial charge in [-0.25, -0.2) is 4.98 Å². The second kappa shape index (κ2) is 8.31. The number of carbonyl (C=O) groups is 2. The maximum absolute atomic E-state index is 12.9. The molecule has 0 saturated heterocycles. The Morgan fingerprint density at radius 3 is 2.45 bits per heavy atom. The number of benzene rings is 3. The maximum atomic E-state index is 12.9. The number of nitrogens with one attached hydrogen (secondary N) is 2. The fourth-order valence-electron chi connectivity index (χ4n) is 3.53. The van der Waals surface area contributed by atoms with Crippen molar-refractivity contribution in [2.24, 2.45) is 0 Å². The first-order valence-electron chi connectivity index (χ1n) is 9.78. The molecular formula is C24H22N4O3. The Bertz CT molecular complexity index is 1280. The molecule has 0 radical (unpaired) electrons. The third kappa shape index (κ3) is 4.11. The van der Waals surface area contributed by atoms with Crippen molar-refractivity contribution in [2.45, 2.75) is 13.8 Å². The van der Waals surface area contributed by atoms with Gasteiger partial charge in [-0.15, -0.1) is 0 Å². The van der Waals surface area contributed by atoms with Gasteiger partial charge in [0.1, 0.15) is 11.6 Å². The van der Waals surface area contributed by atoms with Crippen LogP contribution in [0.4, 0.5) is 11.4 Å². The molecule has 7 nitrogen and oxygen atoms in total. The number of hydrogen-bond donors (Lipinski definition) is 2. The van der Waals surface area contributed by atoms with Crippen molar-refractivity contribution in [3.63, 3.8) is 0 Å². The van der Waals surface area contributed by atoms with E-state index in [2.05, 4.69) is 20.2 Å². The number of rotatable bonds is 5. The lowest BCUT2D eigenvalue weighted by Crippen LogP contribution is -2.13. The van der Waals surface area contributed by atoms with Gasteiger partial charge < -0.3 is 15.4 Å². The summed E-state index contributed by atoms with van der Waals surface area (Å²) in [5.41, 5.74) is 4.16. The Balaban J connectivity index is 1.65. The highest BCUT2D eigenvalue weighted by Gasteiger charge is 2.15. The predicted octanol–water partition coefficient (Wildman–Crippen LogP) is 4.55. The van der Waals surface area contributed by atoms with E-state index in [0.717, 1.165) is 22.5 Å². The van der Waals surface area contributed by atoms with E-state index < -0.39 is 0 Å². The predicted molar refractivity (Wildman–Crippen MR) is 121 cm³/mol. The summed E-state index contributed by atoms with van der Waals surface area (Å²) in [6.07, 6.45) is 0. The molecule has 0 aliphatic heterocycles. The van der Waals surface area contributed by atoms with Crippen molar-refractivity contribution in [3.8, 4) is 11.4 Å². The fraction of sp³-hybridized carbons (Fsp3) is 0.125. The minimum atomic E-state index is -0.299. The number of carbonyl (C=O) groups excluding carboxylic acids is 2. The Morgan fingerprint density at radius 1 is 0.968 bits per heavy atom. The number of imidazole rings is 1. The third-order valence-electron chi connectivity index (χ3n) is 4.87. The normalized spacial score (nSPS) is 10.7. The molecule has 2 N–H and O–H groups in total. The third-order valence-corrected chi connectivity index (χ3v) is 4.87. The molecule has 7 heteroatoms. The van der Waals surface area contributed by atoms with Gasteiger partial charge in [-0.05, 0) is 55.5 Å². The average Bonchev–Trinajstić information content (AvgIpc) is 3.09. The Labute approximate surface area is 179 Å². The molecule has 1 heterocycles. The number of nitrogens with zero attached hydrogens (tertiary/aromatic N) is 2. The van der Waals surface area contributed by atoms with Crippen LogP contribution in [0.2, 0.25) is 0 Å². The molecule has 4 rings (SSSR count). The van der Waals surface area contributed by atoms with Gasteiger partial charge in [0, 0.05) is 23.9 Å². The van der Waals surface area contributed by atoms with Gasteiger partial charge >= 0.3 is 0 Å². The topological polar surface area (TPSA) is 85.2 Å². The van der Waals surface area contributed by atoms with Crippen LogP contribution in [0.1, 0.15) is 23.1 Å². The van der Waals surface area contributed by atoms with Crippen molar-refractivity contribution in [3.05, 3.63) is 78.1 Å². The first-order valence-corrected chi connectivity index (χ1v) is 9.78. The van der Waals surface area contributed by atoms with Gasteiger partial charge in [0.25, 0.3) is 5.91 Å². The lowest BCUT2D eigenvalue weighted by molar-refractivity contribution is -0.114. The number of hydrogen-bond acceptors (Lipinski definition) is 4. The van der Waals surface area contributed by atoms with Crippen LogP contribution in [0.3, 0.4) is 0 Å². The Morgan fingerprint density at radius 2 is 1.74 bits per heavy atom. The summed E-state index contributed by atoms with van der Waals surface area (Å²) in [5, 5.41) is 5.56. The van der Waals surface area contributed by atoms with E-state index in [1.807, 2.05) is 43.3 Å². The zero-order valence-electron chi connectivity index (χ0n) is 17.5. The van der Waals surface area contributed by atoms with Crippen molar-refractivity contribution in [1.82, 2.24) is 9.55 Å². The van der Waals surface area contributed by atoms with Gasteiger partial charge in [0.15, 0.2) is 0 Å². The summed E-state index contributed by atoms with van der Waals surface area (Å²) in [6.45, 7) is 3.36. The van der Waals surface area contributed by atoms with E-state index in [1.165, 1.54) is 14.0 Å². The number of anilines is 2. The van der Waals surface area contributed by atoms with E-state index in [1.54, 1.807) is 30.3 Å². The lowest BCUT2D eigenvalue weighted by Gasteiger charge is -2.12. The molecule has 0 saturated carbocycles. The van der Waals surface area contributed by atoms with E-state index in [4.69, 9.17) is 4.74 Å². The summed E-state index contributed by atoms with van der Waals surface area (Å²) in [4.78, 5) is 28.9. The number of para-hydroxylation sites is 1. The highest BCUT2D eigenvalue weighted by Crippen LogP contribution is 2.29. The summed E-state index contributed by atoms with van der Waals surface area (Å²) in [5.74, 6) is 0.834. The Kier molecular flexibility index (Phi) is 5.41. The largest absolute Gasteiger partial charge is 0.495 e. The fourth-order valence-corrected chi connectivity index (χ4v) is 3.53. The summed E-state index contributed by atoms with van der Waals surface area (Å²) < 4.78 is 7.39. The van der Waals surface area contributed by atoms with Gasteiger partial charge in [0.2, 0.25) is 5.91 Å². The molecule has 0 aliphatic carbocycles. The molecule has 1 aromatic heterocycles. The molecule has 0 spiro atoms. The minimum Gasteiger partial charge on any atom is -0.495 e. The van der Waals surface area contributed by atoms with E-state index in [-0.39, 0.29) is 11.8 Å². The zero-order chi connectivity index (χ0) is 22.0. The SMILES string of the molecule is COc1ccc(NC(C)=O)cc1NC(=O)c1ccc2c(c1)nc(C)n2-c1ccccc1. The summed E-state index contributed by atoms with van der Waals surface area (Å²) in [7, 11) is 1.52. The van der Waals surface area contributed by atoms with Crippen molar-refractivity contribution < 1.29 is 14.3 Å². The molecule has 0 unspecified atom stereocenters. The van der Waals surface area contributed by atoms with Gasteiger partial charge in [0.05, 0.1) is 23.8 Å². The lowest BCUT2D eigenvalue weighted by atomic mass is 10.1. The number of methoxy groups -OCH3 is 1. The van der Waals surface area contributed by atoms with E-state index in [0.29, 0.717) is 22.7 Å². The van der Waals surface area contributed by atoms with Crippen molar-refractivity contribution in [1.29, 1.82) is 0 Å². The molecule has 0 fully saturated rings. The van der Waals surface area contributed by atoms with Crippen LogP contribution in [-0.2, 0) is 4.79 Å². The van der Waals surface area contributed by atoms with Crippen LogP contribution in [0.25, 0.3) is 16.7 Å². The van der Waals surface area contributed by atoms with Gasteiger partial charge in [-0.3, -0.25) is 14.2 Å². The second-order valence-corrected chi connectivity index (χ2v) is 7.08. The molecule has 0 atom stereocenters. The Hall–Kier alpha value is -4.13. The molecule has 0 aliphatic rings. The first kappa shape index (κ1) is 20.2. The molecule has 2 amide bonds. The van der Waals surface area contributed by atoms with Gasteiger partial charge in [-0.2, -0.15) is 0 Å². The number of aromatic nitrogens is 2. The first-order chi connectivity index (χ1) is 15.0. The van der Waals surface area contributed by atoms with Crippen LogP contribution in [-0.4, -0.2) is 28.5 Å². The smallest absolute Gasteiger partial charge is 0.255 e. The quantitative estimate of drug-likeness (QED) is 0.502. The average molecular weight is 414 g/mol. The molecule has 31 heavy (non-hydrogen) atoms. The second-order valence-electron chi connectivity index (χ2n) is 7.08. The maximum Gasteiger partial charge on any atom is 0.255 e. The van der Waals surface area contributed by atoms with Crippen LogP contribution < -0.4 is 15.4 Å². The van der Waals surface area contributed by atoms with Crippen LogP contribution in [0.5, 0.6) is 5.75 Å². The molecule has 156 valence electrons. The number of amides is 2. The minimum absolute atomic E-state index is 0.197. The summed E-state index contributed by atoms with van der Waals surface area (Å²) >= 11 is 0. The van der Waals surface area contributed by atoms with Gasteiger partial charge in [-0.1, -0.05) is 18.2 Å². The molecule has 4 aromatic rings. The highest BCUT2D eigenvalue weighted by atomic mass is 16.5. The monoisotopic (exact) mass is 414 g/mol.